The van der Waals surface area contributed by atoms with Crippen molar-refractivity contribution in [3.63, 3.8) is 0 Å². The number of hydrogen-bond acceptors (Lipinski definition) is 5. The minimum Gasteiger partial charge on any atom is -0.423 e. The first-order valence-electron chi connectivity index (χ1n) is 10.4. The van der Waals surface area contributed by atoms with Crippen LogP contribution in [0.3, 0.4) is 0 Å². The number of aliphatic hydroxyl groups is 1. The second-order valence-corrected chi connectivity index (χ2v) is 7.46. The average Bonchev–Trinajstić information content (AvgIpc) is 3.24. The molecule has 0 aliphatic heterocycles. The standard InChI is InChI=1S/C25H22FN3O4/c26-19-11-5-16(6-12-19)15-20(17-7-9-18(10-8-17)23(31)27-13-14-30)24(32)29-25-28-21-3-1-2-4-22(21)33-25/h1-12,20,30H,13-15H2,(H,27,31)(H,28,29,32). The van der Waals surface area contributed by atoms with E-state index in [1.165, 1.54) is 12.1 Å². The summed E-state index contributed by atoms with van der Waals surface area (Å²) in [5, 5.41) is 14.2. The lowest BCUT2D eigenvalue weighted by Gasteiger charge is -2.17. The number of nitrogens with zero attached hydrogens (tertiary/aromatic N) is 1. The van der Waals surface area contributed by atoms with Crippen molar-refractivity contribution >= 4 is 28.9 Å². The van der Waals surface area contributed by atoms with Crippen LogP contribution in [0, 0.1) is 5.82 Å². The van der Waals surface area contributed by atoms with Crippen LogP contribution in [-0.4, -0.2) is 35.1 Å². The number of halogens is 1. The molecule has 1 aromatic heterocycles. The molecule has 0 saturated carbocycles. The number of aliphatic hydroxyl groups excluding tert-OH is 1. The molecule has 2 amide bonds. The smallest absolute Gasteiger partial charge is 0.302 e. The third-order valence-electron chi connectivity index (χ3n) is 5.17. The van der Waals surface area contributed by atoms with Crippen LogP contribution >= 0.6 is 0 Å². The van der Waals surface area contributed by atoms with E-state index in [1.54, 1.807) is 48.5 Å². The minimum absolute atomic E-state index is 0.0882. The van der Waals surface area contributed by atoms with Crippen molar-refractivity contribution in [1.82, 2.24) is 10.3 Å². The monoisotopic (exact) mass is 447 g/mol. The minimum atomic E-state index is -0.639. The molecule has 3 aromatic carbocycles. The highest BCUT2D eigenvalue weighted by atomic mass is 19.1. The number of fused-ring (bicyclic) bond motifs is 1. The molecule has 33 heavy (non-hydrogen) atoms. The van der Waals surface area contributed by atoms with Gasteiger partial charge in [0.1, 0.15) is 11.3 Å². The number of oxazole rings is 1. The van der Waals surface area contributed by atoms with Crippen LogP contribution in [0.25, 0.3) is 11.1 Å². The number of nitrogens with one attached hydrogen (secondary N) is 2. The third kappa shape index (κ3) is 5.42. The van der Waals surface area contributed by atoms with Gasteiger partial charge in [0.05, 0.1) is 12.5 Å². The molecule has 4 aromatic rings. The number of carbonyl (C=O) groups excluding carboxylic acids is 2. The molecule has 1 atom stereocenters. The number of anilines is 1. The maximum atomic E-state index is 13.3. The van der Waals surface area contributed by atoms with Gasteiger partial charge in [-0.3, -0.25) is 14.9 Å². The van der Waals surface area contributed by atoms with Gasteiger partial charge < -0.3 is 14.8 Å². The zero-order valence-corrected chi connectivity index (χ0v) is 17.6. The van der Waals surface area contributed by atoms with Gasteiger partial charge in [-0.05, 0) is 53.9 Å². The van der Waals surface area contributed by atoms with Gasteiger partial charge in [0.25, 0.3) is 5.91 Å². The summed E-state index contributed by atoms with van der Waals surface area (Å²) in [6, 6.07) is 19.9. The van der Waals surface area contributed by atoms with E-state index in [4.69, 9.17) is 9.52 Å². The molecule has 0 spiro atoms. The molecule has 8 heteroatoms. The second kappa shape index (κ2) is 10.1. The van der Waals surface area contributed by atoms with Gasteiger partial charge in [0.2, 0.25) is 5.91 Å². The van der Waals surface area contributed by atoms with Crippen molar-refractivity contribution in [3.05, 3.63) is 95.3 Å². The summed E-state index contributed by atoms with van der Waals surface area (Å²) in [6.45, 7) is 0.000246. The van der Waals surface area contributed by atoms with E-state index in [-0.39, 0.29) is 36.8 Å². The summed E-state index contributed by atoms with van der Waals surface area (Å²) in [7, 11) is 0. The van der Waals surface area contributed by atoms with Crippen molar-refractivity contribution in [3.8, 4) is 0 Å². The molecule has 0 fully saturated rings. The summed E-state index contributed by atoms with van der Waals surface area (Å²) in [5.41, 5.74) is 3.04. The fraction of sp³-hybridized carbons (Fsp3) is 0.160. The van der Waals surface area contributed by atoms with Crippen molar-refractivity contribution < 1.29 is 23.5 Å². The number of rotatable bonds is 8. The van der Waals surface area contributed by atoms with Gasteiger partial charge in [-0.25, -0.2) is 4.39 Å². The summed E-state index contributed by atoms with van der Waals surface area (Å²) < 4.78 is 19.0. The van der Waals surface area contributed by atoms with E-state index in [9.17, 15) is 14.0 Å². The number of aromatic nitrogens is 1. The Morgan fingerprint density at radius 3 is 2.42 bits per heavy atom. The van der Waals surface area contributed by atoms with E-state index >= 15 is 0 Å². The van der Waals surface area contributed by atoms with Crippen LogP contribution in [0.2, 0.25) is 0 Å². The normalized spacial score (nSPS) is 11.8. The van der Waals surface area contributed by atoms with E-state index in [0.717, 1.165) is 5.56 Å². The average molecular weight is 447 g/mol. The van der Waals surface area contributed by atoms with Crippen molar-refractivity contribution in [1.29, 1.82) is 0 Å². The third-order valence-corrected chi connectivity index (χ3v) is 5.17. The molecular weight excluding hydrogens is 425 g/mol. The summed E-state index contributed by atoms with van der Waals surface area (Å²) in [6.07, 6.45) is 0.308. The van der Waals surface area contributed by atoms with Gasteiger partial charge in [-0.2, -0.15) is 4.98 Å². The largest absolute Gasteiger partial charge is 0.423 e. The van der Waals surface area contributed by atoms with Crippen LogP contribution in [-0.2, 0) is 11.2 Å². The molecule has 168 valence electrons. The van der Waals surface area contributed by atoms with Gasteiger partial charge in [0.15, 0.2) is 5.58 Å². The number of carbonyl (C=O) groups is 2. The summed E-state index contributed by atoms with van der Waals surface area (Å²) in [5.74, 6) is -1.66. The summed E-state index contributed by atoms with van der Waals surface area (Å²) in [4.78, 5) is 29.6. The summed E-state index contributed by atoms with van der Waals surface area (Å²) >= 11 is 0. The molecule has 1 heterocycles. The predicted molar refractivity (Wildman–Crippen MR) is 121 cm³/mol. The predicted octanol–water partition coefficient (Wildman–Crippen LogP) is 3.65. The Morgan fingerprint density at radius 1 is 1.00 bits per heavy atom. The van der Waals surface area contributed by atoms with Crippen molar-refractivity contribution in [2.24, 2.45) is 0 Å². The van der Waals surface area contributed by atoms with Gasteiger partial charge in [-0.15, -0.1) is 0 Å². The Morgan fingerprint density at radius 2 is 1.73 bits per heavy atom. The van der Waals surface area contributed by atoms with Crippen LogP contribution in [0.1, 0.15) is 27.4 Å². The quantitative estimate of drug-likeness (QED) is 0.382. The first kappa shape index (κ1) is 22.2. The molecule has 0 aliphatic carbocycles. The molecule has 7 nitrogen and oxygen atoms in total. The Hall–Kier alpha value is -4.04. The molecular formula is C25H22FN3O4. The van der Waals surface area contributed by atoms with E-state index in [0.29, 0.717) is 28.6 Å². The molecule has 0 aliphatic rings. The number of hydrogen-bond donors (Lipinski definition) is 3. The lowest BCUT2D eigenvalue weighted by molar-refractivity contribution is -0.117. The SMILES string of the molecule is O=C(NCCO)c1ccc(C(Cc2ccc(F)cc2)C(=O)Nc2nc3ccccc3o2)cc1. The number of para-hydroxylation sites is 2. The van der Waals surface area contributed by atoms with E-state index in [2.05, 4.69) is 15.6 Å². The first-order valence-corrected chi connectivity index (χ1v) is 10.4. The van der Waals surface area contributed by atoms with E-state index < -0.39 is 5.92 Å². The van der Waals surface area contributed by atoms with Crippen molar-refractivity contribution in [2.75, 3.05) is 18.5 Å². The molecule has 0 radical (unpaired) electrons. The maximum absolute atomic E-state index is 13.3. The molecule has 3 N–H and O–H groups in total. The van der Waals surface area contributed by atoms with Gasteiger partial charge >= 0.3 is 6.01 Å². The van der Waals surface area contributed by atoms with Crippen molar-refractivity contribution in [2.45, 2.75) is 12.3 Å². The Labute approximate surface area is 189 Å². The zero-order chi connectivity index (χ0) is 23.2. The lowest BCUT2D eigenvalue weighted by atomic mass is 9.90. The number of benzene rings is 3. The van der Waals surface area contributed by atoms with Crippen LogP contribution in [0.4, 0.5) is 10.4 Å². The number of amides is 2. The molecule has 1 unspecified atom stereocenters. The van der Waals surface area contributed by atoms with Gasteiger partial charge in [0, 0.05) is 12.1 Å². The lowest BCUT2D eigenvalue weighted by Crippen LogP contribution is -2.26. The highest BCUT2D eigenvalue weighted by molar-refractivity contribution is 5.96. The highest BCUT2D eigenvalue weighted by Gasteiger charge is 2.23. The Bertz CT molecular complexity index is 1220. The molecule has 0 saturated heterocycles. The Kier molecular flexibility index (Phi) is 6.75. The maximum Gasteiger partial charge on any atom is 0.302 e. The zero-order valence-electron chi connectivity index (χ0n) is 17.6. The molecule has 0 bridgehead atoms. The Balaban J connectivity index is 1.58. The van der Waals surface area contributed by atoms with Gasteiger partial charge in [-0.1, -0.05) is 36.4 Å². The highest BCUT2D eigenvalue weighted by Crippen LogP contribution is 2.25. The van der Waals surface area contributed by atoms with Crippen LogP contribution in [0.15, 0.2) is 77.2 Å². The second-order valence-electron chi connectivity index (χ2n) is 7.46. The van der Waals surface area contributed by atoms with Crippen LogP contribution in [0.5, 0.6) is 0 Å². The van der Waals surface area contributed by atoms with Crippen LogP contribution < -0.4 is 10.6 Å². The molecule has 4 rings (SSSR count). The van der Waals surface area contributed by atoms with E-state index in [1.807, 2.05) is 12.1 Å². The fourth-order valence-corrected chi connectivity index (χ4v) is 3.47. The fourth-order valence-electron chi connectivity index (χ4n) is 3.47. The first-order chi connectivity index (χ1) is 16.0. The topological polar surface area (TPSA) is 104 Å².